The second-order valence-corrected chi connectivity index (χ2v) is 5.92. The van der Waals surface area contributed by atoms with Gasteiger partial charge in [-0.3, -0.25) is 14.9 Å². The number of benzene rings is 1. The molecule has 7 nitrogen and oxygen atoms in total. The minimum Gasteiger partial charge on any atom is -0.460 e. The van der Waals surface area contributed by atoms with Crippen LogP contribution in [0.4, 0.5) is 0 Å². The van der Waals surface area contributed by atoms with Crippen molar-refractivity contribution in [2.75, 3.05) is 19.9 Å². The molecule has 0 atom stereocenters. The van der Waals surface area contributed by atoms with Gasteiger partial charge in [-0.1, -0.05) is 13.0 Å². The normalized spacial score (nSPS) is 12.9. The summed E-state index contributed by atoms with van der Waals surface area (Å²) in [5.74, 6) is 2.39. The van der Waals surface area contributed by atoms with E-state index in [-0.39, 0.29) is 6.79 Å². The van der Waals surface area contributed by atoms with Crippen LogP contribution in [-0.2, 0) is 17.8 Å². The van der Waals surface area contributed by atoms with E-state index in [1.807, 2.05) is 18.2 Å². The van der Waals surface area contributed by atoms with E-state index >= 15 is 0 Å². The number of nitrogens with one attached hydrogen (secondary N) is 1. The lowest BCUT2D eigenvalue weighted by molar-refractivity contribution is -0.124. The molecule has 0 radical (unpaired) electrons. The summed E-state index contributed by atoms with van der Waals surface area (Å²) in [5.41, 5.74) is 2.74. The molecule has 0 saturated carbocycles. The van der Waals surface area contributed by atoms with E-state index < -0.39 is 5.91 Å². The van der Waals surface area contributed by atoms with Gasteiger partial charge < -0.3 is 13.9 Å². The molecule has 0 fully saturated rings. The zero-order chi connectivity index (χ0) is 18.4. The summed E-state index contributed by atoms with van der Waals surface area (Å²) in [6.07, 6.45) is 3.62. The fourth-order valence-corrected chi connectivity index (χ4v) is 2.72. The topological polar surface area (TPSA) is 84.2 Å². The summed E-state index contributed by atoms with van der Waals surface area (Å²) in [5, 5.41) is 8.47. The summed E-state index contributed by atoms with van der Waals surface area (Å²) in [7, 11) is 0. The molecule has 1 aliphatic heterocycles. The highest BCUT2D eigenvalue weighted by Crippen LogP contribution is 2.32. The smallest absolute Gasteiger partial charge is 0.267 e. The van der Waals surface area contributed by atoms with Crippen molar-refractivity contribution in [1.29, 1.82) is 0 Å². The Bertz CT molecular complexity index is 784. The van der Waals surface area contributed by atoms with Gasteiger partial charge in [0.2, 0.25) is 6.79 Å². The van der Waals surface area contributed by atoms with Crippen LogP contribution in [0.3, 0.4) is 0 Å². The standard InChI is InChI=1S/C19H22N2O5/c1-2-21(10-9-14-3-7-17-18(11-14)25-13-24-17)12-16-5-4-15(26-16)6-8-19(22)20-23/h3-8,11,23H,2,9-10,12-13H2,1H3,(H,20,22)/b8-6+. The molecule has 2 N–H and O–H groups in total. The Balaban J connectivity index is 1.54. The Labute approximate surface area is 151 Å². The first-order valence-electron chi connectivity index (χ1n) is 8.49. The van der Waals surface area contributed by atoms with Gasteiger partial charge in [0, 0.05) is 12.6 Å². The summed E-state index contributed by atoms with van der Waals surface area (Å²) in [6.45, 7) is 4.85. The van der Waals surface area contributed by atoms with Crippen molar-refractivity contribution < 1.29 is 23.9 Å². The number of hydrogen-bond acceptors (Lipinski definition) is 6. The number of nitrogens with zero attached hydrogens (tertiary/aromatic N) is 1. The SMILES string of the molecule is CCN(CCc1ccc2c(c1)OCO2)Cc1ccc(/C=C/C(=O)NO)o1. The number of furan rings is 1. The number of fused-ring (bicyclic) bond motifs is 1. The van der Waals surface area contributed by atoms with E-state index in [4.69, 9.17) is 19.1 Å². The van der Waals surface area contributed by atoms with E-state index in [9.17, 15) is 4.79 Å². The zero-order valence-electron chi connectivity index (χ0n) is 14.6. The lowest BCUT2D eigenvalue weighted by Crippen LogP contribution is -2.25. The summed E-state index contributed by atoms with van der Waals surface area (Å²) < 4.78 is 16.4. The number of likely N-dealkylation sites (N-methyl/N-ethyl adjacent to an activating group) is 1. The predicted octanol–water partition coefficient (Wildman–Crippen LogP) is 2.59. The maximum Gasteiger partial charge on any atom is 0.267 e. The minimum atomic E-state index is -0.595. The van der Waals surface area contributed by atoms with Gasteiger partial charge in [-0.05, 0) is 48.9 Å². The van der Waals surface area contributed by atoms with E-state index in [2.05, 4.69) is 17.9 Å². The number of amides is 1. The van der Waals surface area contributed by atoms with E-state index in [0.29, 0.717) is 12.3 Å². The average molecular weight is 358 g/mol. The fraction of sp³-hybridized carbons (Fsp3) is 0.316. The fourth-order valence-electron chi connectivity index (χ4n) is 2.72. The largest absolute Gasteiger partial charge is 0.460 e. The molecule has 0 spiro atoms. The average Bonchev–Trinajstić information content (AvgIpc) is 3.31. The predicted molar refractivity (Wildman–Crippen MR) is 94.9 cm³/mol. The second-order valence-electron chi connectivity index (χ2n) is 5.92. The molecule has 2 aromatic rings. The Hall–Kier alpha value is -2.77. The first-order chi connectivity index (χ1) is 12.7. The molecule has 1 aromatic heterocycles. The number of rotatable bonds is 8. The van der Waals surface area contributed by atoms with Gasteiger partial charge in [0.15, 0.2) is 11.5 Å². The first-order valence-corrected chi connectivity index (χ1v) is 8.49. The van der Waals surface area contributed by atoms with Crippen LogP contribution in [0, 0.1) is 0 Å². The van der Waals surface area contributed by atoms with Gasteiger partial charge in [-0.15, -0.1) is 0 Å². The highest BCUT2D eigenvalue weighted by molar-refractivity contribution is 5.90. The van der Waals surface area contributed by atoms with Crippen LogP contribution in [0.2, 0.25) is 0 Å². The van der Waals surface area contributed by atoms with Crippen molar-refractivity contribution in [3.8, 4) is 11.5 Å². The van der Waals surface area contributed by atoms with Crippen molar-refractivity contribution in [2.45, 2.75) is 19.9 Å². The number of hydroxylamine groups is 1. The maximum atomic E-state index is 11.0. The highest BCUT2D eigenvalue weighted by Gasteiger charge is 2.14. The molecule has 0 bridgehead atoms. The van der Waals surface area contributed by atoms with Gasteiger partial charge in [-0.2, -0.15) is 0 Å². The van der Waals surface area contributed by atoms with Crippen LogP contribution >= 0.6 is 0 Å². The van der Waals surface area contributed by atoms with Crippen molar-refractivity contribution in [1.82, 2.24) is 10.4 Å². The van der Waals surface area contributed by atoms with Crippen LogP contribution in [0.25, 0.3) is 6.08 Å². The van der Waals surface area contributed by atoms with E-state index in [0.717, 1.165) is 36.8 Å². The number of hydrogen-bond donors (Lipinski definition) is 2. The van der Waals surface area contributed by atoms with Crippen molar-refractivity contribution in [3.05, 3.63) is 53.5 Å². The maximum absolute atomic E-state index is 11.0. The van der Waals surface area contributed by atoms with Gasteiger partial charge in [0.05, 0.1) is 6.54 Å². The van der Waals surface area contributed by atoms with Crippen molar-refractivity contribution in [2.24, 2.45) is 0 Å². The monoisotopic (exact) mass is 358 g/mol. The molecule has 26 heavy (non-hydrogen) atoms. The van der Waals surface area contributed by atoms with Crippen LogP contribution < -0.4 is 15.0 Å². The molecule has 7 heteroatoms. The Morgan fingerprint density at radius 3 is 2.92 bits per heavy atom. The van der Waals surface area contributed by atoms with Gasteiger partial charge >= 0.3 is 0 Å². The molecule has 2 heterocycles. The van der Waals surface area contributed by atoms with Gasteiger partial charge in [-0.25, -0.2) is 5.48 Å². The molecule has 1 aliphatic rings. The minimum absolute atomic E-state index is 0.287. The van der Waals surface area contributed by atoms with Crippen LogP contribution in [-0.4, -0.2) is 35.9 Å². The third kappa shape index (κ3) is 4.65. The molecule has 0 unspecified atom stereocenters. The number of ether oxygens (including phenoxy) is 2. The molecular weight excluding hydrogens is 336 g/mol. The molecular formula is C19H22N2O5. The molecule has 1 aromatic carbocycles. The van der Waals surface area contributed by atoms with Crippen LogP contribution in [0.5, 0.6) is 11.5 Å². The Kier molecular flexibility index (Phi) is 5.93. The molecule has 3 rings (SSSR count). The zero-order valence-corrected chi connectivity index (χ0v) is 14.6. The first kappa shape index (κ1) is 18.0. The van der Waals surface area contributed by atoms with E-state index in [1.165, 1.54) is 23.2 Å². The summed E-state index contributed by atoms with van der Waals surface area (Å²) >= 11 is 0. The molecule has 1 amide bonds. The highest BCUT2D eigenvalue weighted by atomic mass is 16.7. The molecule has 0 aliphatic carbocycles. The van der Waals surface area contributed by atoms with Crippen LogP contribution in [0.15, 0.2) is 40.8 Å². The third-order valence-electron chi connectivity index (χ3n) is 4.17. The summed E-state index contributed by atoms with van der Waals surface area (Å²) in [4.78, 5) is 13.3. The number of carbonyl (C=O) groups is 1. The molecule has 138 valence electrons. The lowest BCUT2D eigenvalue weighted by atomic mass is 10.1. The van der Waals surface area contributed by atoms with Crippen molar-refractivity contribution in [3.63, 3.8) is 0 Å². The van der Waals surface area contributed by atoms with E-state index in [1.54, 1.807) is 6.07 Å². The van der Waals surface area contributed by atoms with Gasteiger partial charge in [0.25, 0.3) is 5.91 Å². The quantitative estimate of drug-likeness (QED) is 0.429. The van der Waals surface area contributed by atoms with Crippen molar-refractivity contribution >= 4 is 12.0 Å². The molecule has 0 saturated heterocycles. The van der Waals surface area contributed by atoms with Gasteiger partial charge in [0.1, 0.15) is 11.5 Å². The Morgan fingerprint density at radius 1 is 1.27 bits per heavy atom. The Morgan fingerprint density at radius 2 is 2.12 bits per heavy atom. The number of carbonyl (C=O) groups excluding carboxylic acids is 1. The lowest BCUT2D eigenvalue weighted by Gasteiger charge is -2.19. The summed E-state index contributed by atoms with van der Waals surface area (Å²) in [6, 6.07) is 9.71. The van der Waals surface area contributed by atoms with Crippen LogP contribution in [0.1, 0.15) is 24.0 Å². The third-order valence-corrected chi connectivity index (χ3v) is 4.17. The second kappa shape index (κ2) is 8.55.